The van der Waals surface area contributed by atoms with Gasteiger partial charge in [0.2, 0.25) is 0 Å². The zero-order chi connectivity index (χ0) is 14.9. The van der Waals surface area contributed by atoms with Gasteiger partial charge in [0.15, 0.2) is 5.96 Å². The molecule has 1 saturated heterocycles. The van der Waals surface area contributed by atoms with E-state index in [1.807, 2.05) is 18.2 Å². The SMILES string of the molecule is CN=C(NCCOc1cccc(Cl)c1)NCC1CCCO1.I. The molecule has 1 atom stereocenters. The summed E-state index contributed by atoms with van der Waals surface area (Å²) in [6.07, 6.45) is 2.56. The molecule has 0 bridgehead atoms. The van der Waals surface area contributed by atoms with E-state index < -0.39 is 0 Å². The van der Waals surface area contributed by atoms with Crippen molar-refractivity contribution < 1.29 is 9.47 Å². The highest BCUT2D eigenvalue weighted by Crippen LogP contribution is 2.16. The van der Waals surface area contributed by atoms with Gasteiger partial charge in [-0.25, -0.2) is 0 Å². The molecule has 7 heteroatoms. The van der Waals surface area contributed by atoms with Crippen molar-refractivity contribution in [2.24, 2.45) is 4.99 Å². The van der Waals surface area contributed by atoms with E-state index in [0.717, 1.165) is 37.7 Å². The standard InChI is InChI=1S/C15H22ClN3O2.HI/c1-17-15(19-11-14-6-3-8-20-14)18-7-9-21-13-5-2-4-12(16)10-13;/h2,4-5,10,14H,3,6-9,11H2,1H3,(H2,17,18,19);1H. The van der Waals surface area contributed by atoms with Crippen molar-refractivity contribution in [2.45, 2.75) is 18.9 Å². The molecule has 2 N–H and O–H groups in total. The van der Waals surface area contributed by atoms with Crippen molar-refractivity contribution in [1.82, 2.24) is 10.6 Å². The van der Waals surface area contributed by atoms with Crippen molar-refractivity contribution in [3.63, 3.8) is 0 Å². The van der Waals surface area contributed by atoms with Crippen LogP contribution in [-0.4, -0.2) is 45.4 Å². The van der Waals surface area contributed by atoms with E-state index in [1.165, 1.54) is 0 Å². The maximum atomic E-state index is 5.90. The first-order valence-electron chi connectivity index (χ1n) is 7.22. The van der Waals surface area contributed by atoms with E-state index in [9.17, 15) is 0 Å². The van der Waals surface area contributed by atoms with Gasteiger partial charge in [-0.3, -0.25) is 4.99 Å². The van der Waals surface area contributed by atoms with Crippen LogP contribution in [0.2, 0.25) is 5.02 Å². The first kappa shape index (κ1) is 19.3. The average molecular weight is 440 g/mol. The van der Waals surface area contributed by atoms with Crippen LogP contribution in [0.15, 0.2) is 29.3 Å². The van der Waals surface area contributed by atoms with Crippen LogP contribution in [0.3, 0.4) is 0 Å². The van der Waals surface area contributed by atoms with Crippen LogP contribution in [0.4, 0.5) is 0 Å². The lowest BCUT2D eigenvalue weighted by Gasteiger charge is -2.15. The highest BCUT2D eigenvalue weighted by atomic mass is 127. The van der Waals surface area contributed by atoms with Gasteiger partial charge < -0.3 is 20.1 Å². The Balaban J connectivity index is 0.00000242. The minimum absolute atomic E-state index is 0. The summed E-state index contributed by atoms with van der Waals surface area (Å²) in [5.74, 6) is 1.53. The Morgan fingerprint density at radius 2 is 2.32 bits per heavy atom. The number of hydrogen-bond acceptors (Lipinski definition) is 3. The van der Waals surface area contributed by atoms with Crippen LogP contribution in [-0.2, 0) is 4.74 Å². The molecule has 0 aromatic heterocycles. The molecule has 22 heavy (non-hydrogen) atoms. The fraction of sp³-hybridized carbons (Fsp3) is 0.533. The number of benzene rings is 1. The summed E-state index contributed by atoms with van der Waals surface area (Å²) >= 11 is 5.90. The molecule has 1 unspecified atom stereocenters. The van der Waals surface area contributed by atoms with Crippen LogP contribution in [0.25, 0.3) is 0 Å². The second-order valence-electron chi connectivity index (χ2n) is 4.82. The van der Waals surface area contributed by atoms with E-state index in [2.05, 4.69) is 15.6 Å². The zero-order valence-electron chi connectivity index (χ0n) is 12.7. The van der Waals surface area contributed by atoms with E-state index in [0.29, 0.717) is 24.3 Å². The molecule has 1 fully saturated rings. The molecule has 1 aliphatic heterocycles. The molecule has 5 nitrogen and oxygen atoms in total. The van der Waals surface area contributed by atoms with Crippen LogP contribution in [0, 0.1) is 0 Å². The summed E-state index contributed by atoms with van der Waals surface area (Å²) in [7, 11) is 1.75. The Morgan fingerprint density at radius 1 is 1.45 bits per heavy atom. The molecule has 0 radical (unpaired) electrons. The lowest BCUT2D eigenvalue weighted by Crippen LogP contribution is -2.42. The van der Waals surface area contributed by atoms with E-state index in [-0.39, 0.29) is 24.0 Å². The van der Waals surface area contributed by atoms with E-state index >= 15 is 0 Å². The third-order valence-corrected chi connectivity index (χ3v) is 3.44. The minimum atomic E-state index is 0. The van der Waals surface area contributed by atoms with Crippen LogP contribution >= 0.6 is 35.6 Å². The molecular formula is C15H23ClIN3O2. The van der Waals surface area contributed by atoms with Gasteiger partial charge in [0.25, 0.3) is 0 Å². The van der Waals surface area contributed by atoms with Crippen molar-refractivity contribution in [3.05, 3.63) is 29.3 Å². The molecule has 124 valence electrons. The third kappa shape index (κ3) is 7.02. The molecule has 0 saturated carbocycles. The Labute approximate surface area is 153 Å². The van der Waals surface area contributed by atoms with Gasteiger partial charge in [-0.2, -0.15) is 0 Å². The first-order chi connectivity index (χ1) is 10.3. The fourth-order valence-corrected chi connectivity index (χ4v) is 2.31. The lowest BCUT2D eigenvalue weighted by molar-refractivity contribution is 0.114. The lowest BCUT2D eigenvalue weighted by atomic mass is 10.2. The normalized spacial score (nSPS) is 17.7. The Morgan fingerprint density at radius 3 is 3.00 bits per heavy atom. The monoisotopic (exact) mass is 439 g/mol. The highest BCUT2D eigenvalue weighted by molar-refractivity contribution is 14.0. The smallest absolute Gasteiger partial charge is 0.191 e. The summed E-state index contributed by atoms with van der Waals surface area (Å²) in [4.78, 5) is 4.17. The number of rotatable bonds is 6. The number of guanidine groups is 1. The number of hydrogen-bond donors (Lipinski definition) is 2. The summed E-state index contributed by atoms with van der Waals surface area (Å²) in [6, 6.07) is 7.37. The van der Waals surface area contributed by atoms with Gasteiger partial charge >= 0.3 is 0 Å². The van der Waals surface area contributed by atoms with Gasteiger partial charge in [-0.1, -0.05) is 17.7 Å². The van der Waals surface area contributed by atoms with Gasteiger partial charge in [0, 0.05) is 25.2 Å². The topological polar surface area (TPSA) is 54.9 Å². The van der Waals surface area contributed by atoms with Crippen molar-refractivity contribution in [3.8, 4) is 5.75 Å². The van der Waals surface area contributed by atoms with Gasteiger partial charge in [0.05, 0.1) is 12.6 Å². The maximum absolute atomic E-state index is 5.90. The molecule has 1 aromatic rings. The summed E-state index contributed by atoms with van der Waals surface area (Å²) in [5, 5.41) is 7.14. The number of aliphatic imine (C=N–C) groups is 1. The third-order valence-electron chi connectivity index (χ3n) is 3.20. The Bertz CT molecular complexity index is 468. The molecular weight excluding hydrogens is 417 g/mol. The Kier molecular flexibility index (Phi) is 9.58. The molecule has 0 spiro atoms. The first-order valence-corrected chi connectivity index (χ1v) is 7.60. The molecule has 1 aromatic carbocycles. The molecule has 2 rings (SSSR count). The molecule has 1 aliphatic rings. The van der Waals surface area contributed by atoms with Crippen LogP contribution in [0.1, 0.15) is 12.8 Å². The maximum Gasteiger partial charge on any atom is 0.191 e. The highest BCUT2D eigenvalue weighted by Gasteiger charge is 2.15. The van der Waals surface area contributed by atoms with E-state index in [1.54, 1.807) is 13.1 Å². The number of ether oxygens (including phenoxy) is 2. The molecule has 1 heterocycles. The average Bonchev–Trinajstić information content (AvgIpc) is 3.00. The number of nitrogens with one attached hydrogen (secondary N) is 2. The zero-order valence-corrected chi connectivity index (χ0v) is 15.8. The minimum Gasteiger partial charge on any atom is -0.492 e. The number of halogens is 2. The van der Waals surface area contributed by atoms with Crippen LogP contribution < -0.4 is 15.4 Å². The van der Waals surface area contributed by atoms with Crippen molar-refractivity contribution in [1.29, 1.82) is 0 Å². The largest absolute Gasteiger partial charge is 0.492 e. The van der Waals surface area contributed by atoms with Gasteiger partial charge in [-0.05, 0) is 31.0 Å². The summed E-state index contributed by atoms with van der Waals surface area (Å²) in [5.41, 5.74) is 0. The van der Waals surface area contributed by atoms with Crippen LogP contribution in [0.5, 0.6) is 5.75 Å². The van der Waals surface area contributed by atoms with Gasteiger partial charge in [0.1, 0.15) is 12.4 Å². The summed E-state index contributed by atoms with van der Waals surface area (Å²) in [6.45, 7) is 2.86. The quantitative estimate of drug-likeness (QED) is 0.310. The van der Waals surface area contributed by atoms with Gasteiger partial charge in [-0.15, -0.1) is 24.0 Å². The Hall–Kier alpha value is -0.730. The van der Waals surface area contributed by atoms with Crippen molar-refractivity contribution in [2.75, 3.05) is 33.4 Å². The van der Waals surface area contributed by atoms with Crippen molar-refractivity contribution >= 4 is 41.5 Å². The second-order valence-corrected chi connectivity index (χ2v) is 5.26. The predicted octanol–water partition coefficient (Wildman–Crippen LogP) is 2.68. The molecule has 0 aliphatic carbocycles. The fourth-order valence-electron chi connectivity index (χ4n) is 2.13. The number of nitrogens with zero attached hydrogens (tertiary/aromatic N) is 1. The molecule has 0 amide bonds. The second kappa shape index (κ2) is 10.9. The summed E-state index contributed by atoms with van der Waals surface area (Å²) < 4.78 is 11.2. The van der Waals surface area contributed by atoms with E-state index in [4.69, 9.17) is 21.1 Å². The predicted molar refractivity (Wildman–Crippen MR) is 101 cm³/mol.